The summed E-state index contributed by atoms with van der Waals surface area (Å²) in [4.78, 5) is 7.87. The molecule has 0 aliphatic carbocycles. The van der Waals surface area contributed by atoms with Crippen LogP contribution in [0, 0.1) is 0 Å². The Hall–Kier alpha value is -2.31. The van der Waals surface area contributed by atoms with Crippen LogP contribution in [-0.4, -0.2) is 35.7 Å². The number of hydrogen-bond donors (Lipinski definition) is 4. The number of aromatic amines is 1. The molecule has 26 heavy (non-hydrogen) atoms. The van der Waals surface area contributed by atoms with Gasteiger partial charge in [0.2, 0.25) is 0 Å². The summed E-state index contributed by atoms with van der Waals surface area (Å²) in [6.07, 6.45) is 2.97. The number of rotatable bonds is 7. The van der Waals surface area contributed by atoms with Gasteiger partial charge in [0, 0.05) is 30.2 Å². The van der Waals surface area contributed by atoms with Crippen LogP contribution < -0.4 is 10.6 Å². The second-order valence-corrected chi connectivity index (χ2v) is 7.30. The zero-order valence-electron chi connectivity index (χ0n) is 15.2. The van der Waals surface area contributed by atoms with Crippen molar-refractivity contribution < 1.29 is 5.11 Å². The highest BCUT2D eigenvalue weighted by Crippen LogP contribution is 2.23. The summed E-state index contributed by atoms with van der Waals surface area (Å²) in [6, 6.07) is 10.3. The van der Waals surface area contributed by atoms with E-state index >= 15 is 0 Å². The van der Waals surface area contributed by atoms with Crippen LogP contribution in [0.25, 0.3) is 10.9 Å². The Balaban J connectivity index is 1.59. The molecule has 0 bridgehead atoms. The van der Waals surface area contributed by atoms with Crippen LogP contribution in [0.2, 0.25) is 0 Å². The van der Waals surface area contributed by atoms with E-state index < -0.39 is 5.60 Å². The number of nitrogens with zero attached hydrogens (tertiary/aromatic N) is 1. The van der Waals surface area contributed by atoms with Crippen molar-refractivity contribution in [3.63, 3.8) is 0 Å². The number of hydrogen-bond acceptors (Lipinski definition) is 3. The molecular formula is C20H26N4OS. The van der Waals surface area contributed by atoms with Crippen LogP contribution in [0.5, 0.6) is 0 Å². The number of thiophene rings is 1. The van der Waals surface area contributed by atoms with Crippen molar-refractivity contribution in [1.82, 2.24) is 15.6 Å². The third kappa shape index (κ3) is 4.45. The van der Waals surface area contributed by atoms with E-state index in [1.54, 1.807) is 18.3 Å². The molecule has 4 N–H and O–H groups in total. The zero-order chi connectivity index (χ0) is 18.4. The highest BCUT2D eigenvalue weighted by molar-refractivity contribution is 7.08. The lowest BCUT2D eigenvalue weighted by Gasteiger charge is -2.21. The summed E-state index contributed by atoms with van der Waals surface area (Å²) in [6.45, 7) is 5.70. The third-order valence-corrected chi connectivity index (χ3v) is 5.08. The molecule has 1 unspecified atom stereocenters. The Morgan fingerprint density at radius 2 is 2.12 bits per heavy atom. The molecule has 0 amide bonds. The summed E-state index contributed by atoms with van der Waals surface area (Å²) < 4.78 is 0. The lowest BCUT2D eigenvalue weighted by molar-refractivity contribution is 0.0677. The van der Waals surface area contributed by atoms with Crippen molar-refractivity contribution >= 4 is 28.2 Å². The number of benzene rings is 1. The first kappa shape index (κ1) is 18.5. The van der Waals surface area contributed by atoms with Gasteiger partial charge in [-0.15, -0.1) is 0 Å². The maximum atomic E-state index is 10.6. The van der Waals surface area contributed by atoms with E-state index in [-0.39, 0.29) is 0 Å². The molecule has 0 saturated carbocycles. The van der Waals surface area contributed by atoms with Crippen LogP contribution in [0.1, 0.15) is 25.0 Å². The van der Waals surface area contributed by atoms with Crippen molar-refractivity contribution in [3.05, 3.63) is 58.4 Å². The summed E-state index contributed by atoms with van der Waals surface area (Å²) >= 11 is 1.58. The molecular weight excluding hydrogens is 344 g/mol. The molecule has 0 radical (unpaired) electrons. The minimum atomic E-state index is -0.959. The van der Waals surface area contributed by atoms with Crippen molar-refractivity contribution in [2.45, 2.75) is 25.9 Å². The number of guanidine groups is 1. The minimum absolute atomic E-state index is 0.312. The molecule has 3 rings (SSSR count). The Kier molecular flexibility index (Phi) is 5.96. The van der Waals surface area contributed by atoms with Gasteiger partial charge in [-0.1, -0.05) is 18.2 Å². The van der Waals surface area contributed by atoms with Gasteiger partial charge in [0.25, 0.3) is 0 Å². The molecule has 138 valence electrons. The number of aromatic nitrogens is 1. The SMILES string of the molecule is CCNC(=NCC(C)(O)c1ccsc1)NCCc1c[nH]c2ccccc12. The number of aliphatic hydroxyl groups is 1. The number of H-pyrrole nitrogens is 1. The highest BCUT2D eigenvalue weighted by Gasteiger charge is 2.23. The maximum Gasteiger partial charge on any atom is 0.191 e. The van der Waals surface area contributed by atoms with E-state index in [0.717, 1.165) is 36.6 Å². The van der Waals surface area contributed by atoms with Crippen LogP contribution in [-0.2, 0) is 12.0 Å². The van der Waals surface area contributed by atoms with Crippen LogP contribution in [0.3, 0.4) is 0 Å². The van der Waals surface area contributed by atoms with Crippen molar-refractivity contribution in [3.8, 4) is 0 Å². The standard InChI is InChI=1S/C20H26N4OS/c1-3-21-19(24-14-20(2,25)16-9-11-26-13-16)22-10-8-15-12-23-18-7-5-4-6-17(15)18/h4-7,9,11-13,23,25H,3,8,10,14H2,1-2H3,(H2,21,22,24). The van der Waals surface area contributed by atoms with Crippen LogP contribution in [0.4, 0.5) is 0 Å². The molecule has 2 aromatic heterocycles. The van der Waals surface area contributed by atoms with E-state index in [0.29, 0.717) is 6.54 Å². The first-order chi connectivity index (χ1) is 12.6. The molecule has 5 nitrogen and oxygen atoms in total. The fourth-order valence-corrected chi connectivity index (χ4v) is 3.67. The summed E-state index contributed by atoms with van der Waals surface area (Å²) in [5.74, 6) is 0.725. The monoisotopic (exact) mass is 370 g/mol. The number of para-hydroxylation sites is 1. The molecule has 1 atom stereocenters. The lowest BCUT2D eigenvalue weighted by Crippen LogP contribution is -2.39. The topological polar surface area (TPSA) is 72.4 Å². The second-order valence-electron chi connectivity index (χ2n) is 6.52. The first-order valence-corrected chi connectivity index (χ1v) is 9.86. The molecule has 0 aliphatic rings. The van der Waals surface area contributed by atoms with Gasteiger partial charge in [0.1, 0.15) is 5.60 Å². The minimum Gasteiger partial charge on any atom is -0.383 e. The molecule has 3 aromatic rings. The van der Waals surface area contributed by atoms with Gasteiger partial charge in [-0.3, -0.25) is 0 Å². The van der Waals surface area contributed by atoms with Gasteiger partial charge in [-0.05, 0) is 54.3 Å². The van der Waals surface area contributed by atoms with Gasteiger partial charge in [0.15, 0.2) is 5.96 Å². The molecule has 1 aromatic carbocycles. The van der Waals surface area contributed by atoms with Gasteiger partial charge in [-0.2, -0.15) is 11.3 Å². The predicted octanol–water partition coefficient (Wildman–Crippen LogP) is 3.23. The van der Waals surface area contributed by atoms with E-state index in [1.807, 2.05) is 29.8 Å². The molecule has 6 heteroatoms. The smallest absolute Gasteiger partial charge is 0.191 e. The Labute approximate surface area is 158 Å². The zero-order valence-corrected chi connectivity index (χ0v) is 16.1. The first-order valence-electron chi connectivity index (χ1n) is 8.92. The van der Waals surface area contributed by atoms with Crippen molar-refractivity contribution in [2.24, 2.45) is 4.99 Å². The second kappa shape index (κ2) is 8.38. The normalized spacial score (nSPS) is 14.3. The highest BCUT2D eigenvalue weighted by atomic mass is 32.1. The summed E-state index contributed by atoms with van der Waals surface area (Å²) in [7, 11) is 0. The molecule has 2 heterocycles. The fraction of sp³-hybridized carbons (Fsp3) is 0.350. The third-order valence-electron chi connectivity index (χ3n) is 4.39. The van der Waals surface area contributed by atoms with E-state index in [2.05, 4.69) is 45.0 Å². The molecule has 0 spiro atoms. The average Bonchev–Trinajstić information content (AvgIpc) is 3.30. The van der Waals surface area contributed by atoms with Gasteiger partial charge in [-0.25, -0.2) is 4.99 Å². The lowest BCUT2D eigenvalue weighted by atomic mass is 10.00. The van der Waals surface area contributed by atoms with E-state index in [1.165, 1.54) is 10.9 Å². The van der Waals surface area contributed by atoms with Gasteiger partial charge >= 0.3 is 0 Å². The Morgan fingerprint density at radius 3 is 2.88 bits per heavy atom. The quantitative estimate of drug-likeness (QED) is 0.381. The number of fused-ring (bicyclic) bond motifs is 1. The van der Waals surface area contributed by atoms with E-state index in [4.69, 9.17) is 0 Å². The number of nitrogens with one attached hydrogen (secondary N) is 3. The maximum absolute atomic E-state index is 10.6. The van der Waals surface area contributed by atoms with Crippen molar-refractivity contribution in [2.75, 3.05) is 19.6 Å². The molecule has 0 saturated heterocycles. The predicted molar refractivity (Wildman–Crippen MR) is 110 cm³/mol. The fourth-order valence-electron chi connectivity index (χ4n) is 2.89. The molecule has 0 fully saturated rings. The van der Waals surface area contributed by atoms with E-state index in [9.17, 15) is 5.11 Å². The molecule has 0 aliphatic heterocycles. The van der Waals surface area contributed by atoms with Gasteiger partial charge in [0.05, 0.1) is 6.54 Å². The Bertz CT molecular complexity index is 852. The Morgan fingerprint density at radius 1 is 1.27 bits per heavy atom. The van der Waals surface area contributed by atoms with Gasteiger partial charge < -0.3 is 20.7 Å². The summed E-state index contributed by atoms with van der Waals surface area (Å²) in [5.41, 5.74) is 2.39. The summed E-state index contributed by atoms with van der Waals surface area (Å²) in [5, 5.41) is 22.4. The average molecular weight is 371 g/mol. The van der Waals surface area contributed by atoms with Crippen LogP contribution >= 0.6 is 11.3 Å². The van der Waals surface area contributed by atoms with Crippen LogP contribution in [0.15, 0.2) is 52.3 Å². The van der Waals surface area contributed by atoms with Crippen molar-refractivity contribution in [1.29, 1.82) is 0 Å². The number of aliphatic imine (C=N–C) groups is 1. The largest absolute Gasteiger partial charge is 0.383 e.